The van der Waals surface area contributed by atoms with Gasteiger partial charge in [-0.3, -0.25) is 0 Å². The Hall–Kier alpha value is -0.120. The zero-order valence-corrected chi connectivity index (χ0v) is 12.7. The molecule has 110 valence electrons. The summed E-state index contributed by atoms with van der Waals surface area (Å²) in [4.78, 5) is 0. The first-order valence-corrected chi connectivity index (χ1v) is 7.65. The van der Waals surface area contributed by atoms with Crippen LogP contribution in [0.3, 0.4) is 0 Å². The number of likely N-dealkylation sites (N-methyl/N-ethyl adjacent to an activating group) is 1. The number of unbranched alkanes of at least 4 members (excludes halogenated alkanes) is 5. The molecule has 0 heterocycles. The van der Waals surface area contributed by atoms with Crippen molar-refractivity contribution >= 4 is 0 Å². The van der Waals surface area contributed by atoms with Crippen molar-refractivity contribution in [3.63, 3.8) is 0 Å². The van der Waals surface area contributed by atoms with E-state index in [1.54, 1.807) is 7.11 Å². The Morgan fingerprint density at radius 2 is 1.67 bits per heavy atom. The zero-order valence-electron chi connectivity index (χ0n) is 12.7. The van der Waals surface area contributed by atoms with Gasteiger partial charge in [0.1, 0.15) is 0 Å². The minimum atomic E-state index is 0.512. The molecule has 1 unspecified atom stereocenters. The van der Waals surface area contributed by atoms with Crippen LogP contribution in [0.1, 0.15) is 58.8 Å². The zero-order chi connectivity index (χ0) is 13.5. The summed E-state index contributed by atoms with van der Waals surface area (Å²) in [6.45, 7) is 7.65. The third-order valence-corrected chi connectivity index (χ3v) is 3.15. The molecule has 0 aliphatic carbocycles. The predicted octanol–water partition coefficient (Wildman–Crippen LogP) is 3.38. The smallest absolute Gasteiger partial charge is 0.0701 e. The summed E-state index contributed by atoms with van der Waals surface area (Å²) in [6.07, 6.45) is 9.40. The standard InChI is InChI=1S/C15H33NO2/c1-4-6-7-8-9-10-11-15(16-5-2)14-18-13-12-17-3/h15-16H,4-14H2,1-3H3. The molecule has 0 rings (SSSR count). The molecule has 0 aliphatic rings. The van der Waals surface area contributed by atoms with E-state index in [0.717, 1.165) is 13.2 Å². The molecular weight excluding hydrogens is 226 g/mol. The molecule has 0 saturated carbocycles. The van der Waals surface area contributed by atoms with E-state index in [1.165, 1.54) is 44.9 Å². The highest BCUT2D eigenvalue weighted by Gasteiger charge is 2.06. The molecule has 0 aromatic carbocycles. The maximum atomic E-state index is 5.60. The molecule has 0 saturated heterocycles. The molecule has 0 radical (unpaired) electrons. The van der Waals surface area contributed by atoms with Gasteiger partial charge in [-0.25, -0.2) is 0 Å². The molecule has 18 heavy (non-hydrogen) atoms. The van der Waals surface area contributed by atoms with E-state index < -0.39 is 0 Å². The molecule has 0 fully saturated rings. The Balaban J connectivity index is 3.44. The van der Waals surface area contributed by atoms with E-state index in [4.69, 9.17) is 9.47 Å². The summed E-state index contributed by atoms with van der Waals surface area (Å²) < 4.78 is 10.6. The number of rotatable bonds is 14. The molecular formula is C15H33NO2. The summed E-state index contributed by atoms with van der Waals surface area (Å²) in [6, 6.07) is 0.512. The summed E-state index contributed by atoms with van der Waals surface area (Å²) in [5.74, 6) is 0. The van der Waals surface area contributed by atoms with Crippen LogP contribution in [-0.2, 0) is 9.47 Å². The lowest BCUT2D eigenvalue weighted by atomic mass is 10.1. The Bertz CT molecular complexity index is 153. The van der Waals surface area contributed by atoms with Crippen LogP contribution in [-0.4, -0.2) is 39.5 Å². The van der Waals surface area contributed by atoms with Gasteiger partial charge in [0, 0.05) is 13.2 Å². The van der Waals surface area contributed by atoms with Crippen LogP contribution in [0.2, 0.25) is 0 Å². The number of hydrogen-bond donors (Lipinski definition) is 1. The average molecular weight is 259 g/mol. The van der Waals surface area contributed by atoms with Gasteiger partial charge >= 0.3 is 0 Å². The van der Waals surface area contributed by atoms with Crippen LogP contribution in [0.5, 0.6) is 0 Å². The van der Waals surface area contributed by atoms with Crippen molar-refractivity contribution in [3.05, 3.63) is 0 Å². The number of nitrogens with one attached hydrogen (secondary N) is 1. The van der Waals surface area contributed by atoms with E-state index in [9.17, 15) is 0 Å². The van der Waals surface area contributed by atoms with Gasteiger partial charge in [-0.15, -0.1) is 0 Å². The van der Waals surface area contributed by atoms with Crippen LogP contribution in [0, 0.1) is 0 Å². The van der Waals surface area contributed by atoms with E-state index in [0.29, 0.717) is 19.3 Å². The highest BCUT2D eigenvalue weighted by atomic mass is 16.5. The second kappa shape index (κ2) is 14.9. The Morgan fingerprint density at radius 3 is 2.33 bits per heavy atom. The third kappa shape index (κ3) is 12.3. The van der Waals surface area contributed by atoms with Gasteiger partial charge in [-0.2, -0.15) is 0 Å². The van der Waals surface area contributed by atoms with Gasteiger partial charge in [0.15, 0.2) is 0 Å². The van der Waals surface area contributed by atoms with Gasteiger partial charge in [0.05, 0.1) is 19.8 Å². The van der Waals surface area contributed by atoms with Crippen molar-refractivity contribution in [2.45, 2.75) is 64.8 Å². The fourth-order valence-corrected chi connectivity index (χ4v) is 2.07. The van der Waals surface area contributed by atoms with E-state index in [2.05, 4.69) is 19.2 Å². The van der Waals surface area contributed by atoms with Crippen molar-refractivity contribution < 1.29 is 9.47 Å². The minimum Gasteiger partial charge on any atom is -0.382 e. The molecule has 3 heteroatoms. The molecule has 0 spiro atoms. The molecule has 0 amide bonds. The monoisotopic (exact) mass is 259 g/mol. The lowest BCUT2D eigenvalue weighted by molar-refractivity contribution is 0.0573. The third-order valence-electron chi connectivity index (χ3n) is 3.15. The maximum Gasteiger partial charge on any atom is 0.0701 e. The summed E-state index contributed by atoms with van der Waals surface area (Å²) in [7, 11) is 1.71. The number of methoxy groups -OCH3 is 1. The van der Waals surface area contributed by atoms with Crippen molar-refractivity contribution in [1.29, 1.82) is 0 Å². The fourth-order valence-electron chi connectivity index (χ4n) is 2.07. The van der Waals surface area contributed by atoms with E-state index in [-0.39, 0.29) is 0 Å². The van der Waals surface area contributed by atoms with Crippen LogP contribution >= 0.6 is 0 Å². The van der Waals surface area contributed by atoms with Crippen LogP contribution in [0.4, 0.5) is 0 Å². The van der Waals surface area contributed by atoms with E-state index in [1.807, 2.05) is 0 Å². The van der Waals surface area contributed by atoms with Gasteiger partial charge in [-0.05, 0) is 13.0 Å². The molecule has 0 aromatic rings. The molecule has 0 aliphatic heterocycles. The van der Waals surface area contributed by atoms with Crippen molar-refractivity contribution in [3.8, 4) is 0 Å². The Kier molecular flexibility index (Phi) is 14.8. The molecule has 1 N–H and O–H groups in total. The second-order valence-corrected chi connectivity index (χ2v) is 4.88. The van der Waals surface area contributed by atoms with Crippen LogP contribution in [0.25, 0.3) is 0 Å². The first-order valence-electron chi connectivity index (χ1n) is 7.65. The topological polar surface area (TPSA) is 30.5 Å². The molecule has 1 atom stereocenters. The Labute approximate surface area is 114 Å². The molecule has 0 bridgehead atoms. The van der Waals surface area contributed by atoms with Crippen LogP contribution < -0.4 is 5.32 Å². The Morgan fingerprint density at radius 1 is 0.944 bits per heavy atom. The SMILES string of the molecule is CCCCCCCCC(COCCOC)NCC. The lowest BCUT2D eigenvalue weighted by Gasteiger charge is -2.17. The number of hydrogen-bond acceptors (Lipinski definition) is 3. The van der Waals surface area contributed by atoms with E-state index >= 15 is 0 Å². The quantitative estimate of drug-likeness (QED) is 0.485. The van der Waals surface area contributed by atoms with Gasteiger partial charge in [0.2, 0.25) is 0 Å². The highest BCUT2D eigenvalue weighted by Crippen LogP contribution is 2.09. The predicted molar refractivity (Wildman–Crippen MR) is 78.2 cm³/mol. The molecule has 3 nitrogen and oxygen atoms in total. The minimum absolute atomic E-state index is 0.512. The normalized spacial score (nSPS) is 12.8. The summed E-state index contributed by atoms with van der Waals surface area (Å²) in [5.41, 5.74) is 0. The largest absolute Gasteiger partial charge is 0.382 e. The van der Waals surface area contributed by atoms with Crippen molar-refractivity contribution in [2.75, 3.05) is 33.5 Å². The fraction of sp³-hybridized carbons (Fsp3) is 1.00. The first kappa shape index (κ1) is 17.9. The van der Waals surface area contributed by atoms with Crippen molar-refractivity contribution in [2.24, 2.45) is 0 Å². The summed E-state index contributed by atoms with van der Waals surface area (Å²) >= 11 is 0. The number of ether oxygens (including phenoxy) is 2. The van der Waals surface area contributed by atoms with Crippen LogP contribution in [0.15, 0.2) is 0 Å². The van der Waals surface area contributed by atoms with Gasteiger partial charge in [0.25, 0.3) is 0 Å². The highest BCUT2D eigenvalue weighted by molar-refractivity contribution is 4.65. The lowest BCUT2D eigenvalue weighted by Crippen LogP contribution is -2.33. The molecule has 0 aromatic heterocycles. The van der Waals surface area contributed by atoms with Crippen molar-refractivity contribution in [1.82, 2.24) is 5.32 Å². The first-order chi connectivity index (χ1) is 8.85. The second-order valence-electron chi connectivity index (χ2n) is 4.88. The summed E-state index contributed by atoms with van der Waals surface area (Å²) in [5, 5.41) is 3.50. The maximum absolute atomic E-state index is 5.60. The van der Waals surface area contributed by atoms with Gasteiger partial charge in [-0.1, -0.05) is 52.4 Å². The van der Waals surface area contributed by atoms with Gasteiger partial charge < -0.3 is 14.8 Å². The average Bonchev–Trinajstić information content (AvgIpc) is 2.38.